The van der Waals surface area contributed by atoms with Gasteiger partial charge in [0.15, 0.2) is 0 Å². The maximum atomic E-state index is 9.43. The van der Waals surface area contributed by atoms with Crippen LogP contribution in [0.4, 0.5) is 5.69 Å². The average molecular weight is 382 g/mol. The Kier molecular flexibility index (Phi) is 4.49. The summed E-state index contributed by atoms with van der Waals surface area (Å²) in [6.45, 7) is 4.39. The number of anilines is 1. The fraction of sp³-hybridized carbons (Fsp3) is 0.292. The van der Waals surface area contributed by atoms with E-state index in [1.165, 1.54) is 11.1 Å². The number of ether oxygens (including phenoxy) is 1. The predicted octanol–water partition coefficient (Wildman–Crippen LogP) is 3.90. The van der Waals surface area contributed by atoms with Gasteiger partial charge in [0.2, 0.25) is 0 Å². The van der Waals surface area contributed by atoms with Crippen molar-refractivity contribution in [1.82, 2.24) is 4.98 Å². The Labute approximate surface area is 170 Å². The highest BCUT2D eigenvalue weighted by molar-refractivity contribution is 5.96. The van der Waals surface area contributed by atoms with E-state index in [0.29, 0.717) is 5.56 Å². The average Bonchev–Trinajstić information content (AvgIpc) is 2.77. The van der Waals surface area contributed by atoms with Gasteiger partial charge in [-0.05, 0) is 42.3 Å². The smallest absolute Gasteiger partial charge is 0.113 e. The Morgan fingerprint density at radius 3 is 2.79 bits per heavy atom. The van der Waals surface area contributed by atoms with E-state index >= 15 is 0 Å². The minimum absolute atomic E-state index is 0.0329. The number of hydrogen-bond donors (Lipinski definition) is 0. The number of nitrogens with zero attached hydrogens (tertiary/aromatic N) is 4. The van der Waals surface area contributed by atoms with E-state index in [9.17, 15) is 5.26 Å². The number of nitriles is 1. The van der Waals surface area contributed by atoms with Crippen LogP contribution in [0.25, 0.3) is 10.9 Å². The van der Waals surface area contributed by atoms with E-state index < -0.39 is 0 Å². The minimum atomic E-state index is -0.0329. The third kappa shape index (κ3) is 3.26. The second kappa shape index (κ2) is 7.31. The lowest BCUT2D eigenvalue weighted by atomic mass is 9.95. The summed E-state index contributed by atoms with van der Waals surface area (Å²) in [5.41, 5.74) is 6.24. The molecule has 144 valence electrons. The number of pyridine rings is 1. The molecule has 0 amide bonds. The van der Waals surface area contributed by atoms with Crippen LogP contribution in [-0.4, -0.2) is 36.0 Å². The van der Waals surface area contributed by atoms with Gasteiger partial charge in [-0.2, -0.15) is 5.26 Å². The Morgan fingerprint density at radius 1 is 1.07 bits per heavy atom. The lowest BCUT2D eigenvalue weighted by molar-refractivity contribution is 0.0196. The molecule has 0 saturated carbocycles. The van der Waals surface area contributed by atoms with E-state index in [2.05, 4.69) is 47.1 Å². The van der Waals surface area contributed by atoms with Gasteiger partial charge in [0.05, 0.1) is 23.7 Å². The third-order valence-electron chi connectivity index (χ3n) is 5.78. The molecule has 5 heteroatoms. The van der Waals surface area contributed by atoms with Gasteiger partial charge < -0.3 is 9.64 Å². The van der Waals surface area contributed by atoms with Crippen molar-refractivity contribution in [2.24, 2.45) is 4.99 Å². The molecule has 2 aromatic carbocycles. The Morgan fingerprint density at radius 2 is 1.93 bits per heavy atom. The number of rotatable bonds is 2. The van der Waals surface area contributed by atoms with Crippen molar-refractivity contribution in [3.63, 3.8) is 0 Å². The zero-order chi connectivity index (χ0) is 19.8. The summed E-state index contributed by atoms with van der Waals surface area (Å²) in [7, 11) is 0. The molecule has 1 fully saturated rings. The van der Waals surface area contributed by atoms with Gasteiger partial charge in [-0.1, -0.05) is 24.3 Å². The summed E-state index contributed by atoms with van der Waals surface area (Å²) in [6, 6.07) is 18.6. The predicted molar refractivity (Wildman–Crippen MR) is 114 cm³/mol. The quantitative estimate of drug-likeness (QED) is 0.674. The van der Waals surface area contributed by atoms with Crippen LogP contribution in [0.15, 0.2) is 59.7 Å². The molecule has 1 saturated heterocycles. The summed E-state index contributed by atoms with van der Waals surface area (Å²) in [6.07, 6.45) is 2.65. The molecule has 0 N–H and O–H groups in total. The van der Waals surface area contributed by atoms with Crippen molar-refractivity contribution in [3.05, 3.63) is 71.4 Å². The van der Waals surface area contributed by atoms with Crippen molar-refractivity contribution >= 4 is 22.3 Å². The normalized spacial score (nSPS) is 21.4. The third-order valence-corrected chi connectivity index (χ3v) is 5.78. The summed E-state index contributed by atoms with van der Waals surface area (Å²) < 4.78 is 6.31. The first kappa shape index (κ1) is 17.8. The maximum absolute atomic E-state index is 9.43. The molecule has 2 aliphatic heterocycles. The summed E-state index contributed by atoms with van der Waals surface area (Å²) in [4.78, 5) is 11.7. The molecule has 5 rings (SSSR count). The van der Waals surface area contributed by atoms with Gasteiger partial charge >= 0.3 is 0 Å². The summed E-state index contributed by atoms with van der Waals surface area (Å²) >= 11 is 0. The highest BCUT2D eigenvalue weighted by Crippen LogP contribution is 2.31. The first-order valence-corrected chi connectivity index (χ1v) is 10.0. The number of fused-ring (bicyclic) bond motifs is 2. The van der Waals surface area contributed by atoms with Gasteiger partial charge in [0, 0.05) is 42.5 Å². The molecule has 0 radical (unpaired) electrons. The molecule has 2 aliphatic rings. The zero-order valence-electron chi connectivity index (χ0n) is 16.4. The van der Waals surface area contributed by atoms with E-state index in [1.807, 2.05) is 24.3 Å². The van der Waals surface area contributed by atoms with Gasteiger partial charge in [-0.3, -0.25) is 9.98 Å². The van der Waals surface area contributed by atoms with E-state index in [0.717, 1.165) is 48.4 Å². The molecular formula is C24H22N4O. The van der Waals surface area contributed by atoms with E-state index in [4.69, 9.17) is 9.73 Å². The standard InChI is InChI=1S/C24H22N4O/c1-16-14-28(22-9-8-18(12-25)24-20(22)7-4-10-26-24)15-23(29-16)21-11-17-5-2-3-6-19(17)13-27-21/h2-10,16,23H,11,13-15H2,1H3/t16-,23-/m1/s1. The van der Waals surface area contributed by atoms with E-state index in [1.54, 1.807) is 6.20 Å². The Balaban J connectivity index is 1.47. The number of hydrogen-bond acceptors (Lipinski definition) is 5. The number of benzene rings is 2. The lowest BCUT2D eigenvalue weighted by Gasteiger charge is -2.39. The molecule has 3 heterocycles. The molecule has 2 atom stereocenters. The van der Waals surface area contributed by atoms with Crippen LogP contribution < -0.4 is 4.90 Å². The molecule has 29 heavy (non-hydrogen) atoms. The number of aliphatic imine (C=N–C) groups is 1. The summed E-state index contributed by atoms with van der Waals surface area (Å²) in [5, 5.41) is 10.4. The topological polar surface area (TPSA) is 61.5 Å². The Bertz CT molecular complexity index is 1150. The van der Waals surface area contributed by atoms with Crippen molar-refractivity contribution in [1.29, 1.82) is 5.26 Å². The number of aromatic nitrogens is 1. The van der Waals surface area contributed by atoms with Crippen molar-refractivity contribution in [3.8, 4) is 6.07 Å². The van der Waals surface area contributed by atoms with Crippen molar-refractivity contribution < 1.29 is 4.74 Å². The van der Waals surface area contributed by atoms with Crippen LogP contribution >= 0.6 is 0 Å². The fourth-order valence-electron chi connectivity index (χ4n) is 4.39. The van der Waals surface area contributed by atoms with Crippen molar-refractivity contribution in [2.45, 2.75) is 32.1 Å². The summed E-state index contributed by atoms with van der Waals surface area (Å²) in [5.74, 6) is 0. The first-order valence-electron chi connectivity index (χ1n) is 10.0. The van der Waals surface area contributed by atoms with Crippen LogP contribution in [0.5, 0.6) is 0 Å². The van der Waals surface area contributed by atoms with E-state index in [-0.39, 0.29) is 12.2 Å². The van der Waals surface area contributed by atoms with Gasteiger partial charge in [0.25, 0.3) is 0 Å². The molecule has 5 nitrogen and oxygen atoms in total. The maximum Gasteiger partial charge on any atom is 0.113 e. The molecular weight excluding hydrogens is 360 g/mol. The molecule has 0 bridgehead atoms. The zero-order valence-corrected chi connectivity index (χ0v) is 16.4. The van der Waals surface area contributed by atoms with Gasteiger partial charge in [0.1, 0.15) is 12.2 Å². The van der Waals surface area contributed by atoms with Crippen molar-refractivity contribution in [2.75, 3.05) is 18.0 Å². The molecule has 1 aromatic heterocycles. The highest BCUT2D eigenvalue weighted by Gasteiger charge is 2.31. The number of morpholine rings is 1. The highest BCUT2D eigenvalue weighted by atomic mass is 16.5. The van der Waals surface area contributed by atoms with Gasteiger partial charge in [-0.25, -0.2) is 0 Å². The van der Waals surface area contributed by atoms with Crippen LogP contribution in [0, 0.1) is 11.3 Å². The largest absolute Gasteiger partial charge is 0.366 e. The first-order chi connectivity index (χ1) is 14.2. The second-order valence-electron chi connectivity index (χ2n) is 7.74. The second-order valence-corrected chi connectivity index (χ2v) is 7.74. The van der Waals surface area contributed by atoms with Crippen LogP contribution in [0.3, 0.4) is 0 Å². The molecule has 0 unspecified atom stereocenters. The molecule has 3 aromatic rings. The lowest BCUT2D eigenvalue weighted by Crippen LogP contribution is -2.50. The SMILES string of the molecule is C[C@@H]1CN(c2ccc(C#N)c3ncccc23)C[C@H](C2=NCc3ccccc3C2)O1. The fourth-order valence-corrected chi connectivity index (χ4v) is 4.39. The van der Waals surface area contributed by atoms with Gasteiger partial charge in [-0.15, -0.1) is 0 Å². The molecule has 0 spiro atoms. The van der Waals surface area contributed by atoms with Crippen LogP contribution in [0.2, 0.25) is 0 Å². The van der Waals surface area contributed by atoms with Crippen LogP contribution in [0.1, 0.15) is 23.6 Å². The molecule has 0 aliphatic carbocycles. The Hall–Kier alpha value is -3.23. The monoisotopic (exact) mass is 382 g/mol. The van der Waals surface area contributed by atoms with Crippen LogP contribution in [-0.2, 0) is 17.7 Å². The minimum Gasteiger partial charge on any atom is -0.366 e.